The number of hydrogen-bond acceptors (Lipinski definition) is 5. The Balaban J connectivity index is 1.33. The second-order valence-corrected chi connectivity index (χ2v) is 7.09. The lowest BCUT2D eigenvalue weighted by Gasteiger charge is -2.11. The molecule has 0 atom stereocenters. The minimum Gasteiger partial charge on any atom is -0.493 e. The van der Waals surface area contributed by atoms with Crippen molar-refractivity contribution in [1.29, 1.82) is 0 Å². The third-order valence-electron chi connectivity index (χ3n) is 4.96. The summed E-state index contributed by atoms with van der Waals surface area (Å²) in [5.41, 5.74) is 2.63. The fraction of sp³-hybridized carbons (Fsp3) is 0.167. The molecule has 0 aliphatic rings. The predicted molar refractivity (Wildman–Crippen MR) is 120 cm³/mol. The van der Waals surface area contributed by atoms with Gasteiger partial charge in [0, 0.05) is 43.5 Å². The molecule has 0 aliphatic heterocycles. The number of aryl methyl sites for hydroxylation is 1. The fourth-order valence-electron chi connectivity index (χ4n) is 3.34. The van der Waals surface area contributed by atoms with E-state index in [1.807, 2.05) is 48.5 Å². The molecule has 0 aliphatic carbocycles. The first-order valence-corrected chi connectivity index (χ1v) is 10.00. The van der Waals surface area contributed by atoms with Crippen LogP contribution in [0.15, 0.2) is 78.0 Å². The molecule has 31 heavy (non-hydrogen) atoms. The zero-order chi connectivity index (χ0) is 21.6. The Kier molecular flexibility index (Phi) is 6.03. The number of para-hydroxylation sites is 1. The molecule has 0 radical (unpaired) electrons. The average molecular weight is 414 g/mol. The van der Waals surface area contributed by atoms with E-state index in [4.69, 9.17) is 4.74 Å². The Hall–Kier alpha value is -4.00. The lowest BCUT2D eigenvalue weighted by molar-refractivity contribution is -0.116. The Morgan fingerprint density at radius 1 is 1.03 bits per heavy atom. The van der Waals surface area contributed by atoms with Crippen LogP contribution < -0.4 is 15.6 Å². The highest BCUT2D eigenvalue weighted by molar-refractivity contribution is 5.90. The fourth-order valence-corrected chi connectivity index (χ4v) is 3.34. The summed E-state index contributed by atoms with van der Waals surface area (Å²) in [5.74, 6) is 0.889. The van der Waals surface area contributed by atoms with Crippen LogP contribution in [-0.4, -0.2) is 27.0 Å². The molecule has 0 saturated carbocycles. The van der Waals surface area contributed by atoms with Gasteiger partial charge in [0.25, 0.3) is 5.56 Å². The average Bonchev–Trinajstić information content (AvgIpc) is 2.80. The number of nitrogens with one attached hydrogen (secondary N) is 1. The molecule has 3 aromatic heterocycles. The van der Waals surface area contributed by atoms with Crippen LogP contribution in [0.5, 0.6) is 5.75 Å². The van der Waals surface area contributed by atoms with Crippen molar-refractivity contribution in [2.45, 2.75) is 12.8 Å². The maximum absolute atomic E-state index is 12.3. The van der Waals surface area contributed by atoms with Crippen LogP contribution in [-0.2, 0) is 11.8 Å². The molecule has 0 fully saturated rings. The number of hydrogen-bond donors (Lipinski definition) is 1. The molecule has 1 aromatic carbocycles. The molecule has 1 amide bonds. The first-order chi connectivity index (χ1) is 15.1. The van der Waals surface area contributed by atoms with E-state index < -0.39 is 0 Å². The molecule has 3 heterocycles. The van der Waals surface area contributed by atoms with Gasteiger partial charge in [0.2, 0.25) is 5.91 Å². The van der Waals surface area contributed by atoms with Gasteiger partial charge in [-0.2, -0.15) is 0 Å². The molecule has 4 rings (SSSR count). The molecule has 1 N–H and O–H groups in total. The van der Waals surface area contributed by atoms with Gasteiger partial charge in [-0.1, -0.05) is 12.1 Å². The van der Waals surface area contributed by atoms with E-state index in [0.29, 0.717) is 24.6 Å². The van der Waals surface area contributed by atoms with Gasteiger partial charge < -0.3 is 14.6 Å². The summed E-state index contributed by atoms with van der Waals surface area (Å²) in [4.78, 5) is 32.7. The van der Waals surface area contributed by atoms with Crippen molar-refractivity contribution in [2.24, 2.45) is 7.05 Å². The normalized spacial score (nSPS) is 10.7. The van der Waals surface area contributed by atoms with Gasteiger partial charge in [-0.3, -0.25) is 14.6 Å². The summed E-state index contributed by atoms with van der Waals surface area (Å²) >= 11 is 0. The van der Waals surface area contributed by atoms with E-state index >= 15 is 0 Å². The molecule has 156 valence electrons. The summed E-state index contributed by atoms with van der Waals surface area (Å²) in [6.45, 7) is 0.328. The standard InChI is InChI=1S/C24H22N4O3/c1-28-20-6-3-2-5-19(20)21(16-24(28)30)31-14-4-7-23(29)27-22-15-18(10-13-26-22)17-8-11-25-12-9-17/h2-3,5-6,8-13,15-16H,4,7,14H2,1H3,(H,26,27,29). The number of anilines is 1. The Bertz CT molecular complexity index is 1270. The highest BCUT2D eigenvalue weighted by Crippen LogP contribution is 2.23. The smallest absolute Gasteiger partial charge is 0.254 e. The van der Waals surface area contributed by atoms with Crippen LogP contribution in [0, 0.1) is 0 Å². The van der Waals surface area contributed by atoms with Crippen molar-refractivity contribution in [3.8, 4) is 16.9 Å². The number of nitrogens with zero attached hydrogens (tertiary/aromatic N) is 3. The summed E-state index contributed by atoms with van der Waals surface area (Å²) in [6.07, 6.45) is 5.90. The van der Waals surface area contributed by atoms with E-state index in [0.717, 1.165) is 22.0 Å². The first-order valence-electron chi connectivity index (χ1n) is 10.00. The number of aromatic nitrogens is 3. The van der Waals surface area contributed by atoms with E-state index in [-0.39, 0.29) is 17.9 Å². The third-order valence-corrected chi connectivity index (χ3v) is 4.96. The van der Waals surface area contributed by atoms with Gasteiger partial charge in [0.1, 0.15) is 11.6 Å². The molecule has 7 heteroatoms. The molecule has 0 bridgehead atoms. The van der Waals surface area contributed by atoms with Gasteiger partial charge in [-0.25, -0.2) is 4.98 Å². The van der Waals surface area contributed by atoms with E-state index in [1.54, 1.807) is 30.2 Å². The summed E-state index contributed by atoms with van der Waals surface area (Å²) in [6, 6.07) is 16.6. The van der Waals surface area contributed by atoms with Gasteiger partial charge >= 0.3 is 0 Å². The number of pyridine rings is 3. The Morgan fingerprint density at radius 3 is 2.65 bits per heavy atom. The highest BCUT2D eigenvalue weighted by atomic mass is 16.5. The number of carbonyl (C=O) groups excluding carboxylic acids is 1. The van der Waals surface area contributed by atoms with Crippen LogP contribution in [0.3, 0.4) is 0 Å². The van der Waals surface area contributed by atoms with Gasteiger partial charge in [0.05, 0.1) is 12.1 Å². The zero-order valence-corrected chi connectivity index (χ0v) is 17.1. The monoisotopic (exact) mass is 414 g/mol. The molecular weight excluding hydrogens is 392 g/mol. The van der Waals surface area contributed by atoms with Crippen LogP contribution in [0.25, 0.3) is 22.0 Å². The Labute approximate surface area is 179 Å². The van der Waals surface area contributed by atoms with Gasteiger partial charge in [-0.05, 0) is 53.9 Å². The van der Waals surface area contributed by atoms with E-state index in [2.05, 4.69) is 15.3 Å². The third kappa shape index (κ3) is 4.78. The maximum Gasteiger partial charge on any atom is 0.254 e. The zero-order valence-electron chi connectivity index (χ0n) is 17.1. The Morgan fingerprint density at radius 2 is 1.81 bits per heavy atom. The SMILES string of the molecule is Cn1c(=O)cc(OCCCC(=O)Nc2cc(-c3ccncc3)ccn2)c2ccccc21. The van der Waals surface area contributed by atoms with Crippen molar-refractivity contribution in [3.63, 3.8) is 0 Å². The lowest BCUT2D eigenvalue weighted by Crippen LogP contribution is -2.17. The number of carbonyl (C=O) groups is 1. The van der Waals surface area contributed by atoms with Crippen molar-refractivity contribution >= 4 is 22.6 Å². The predicted octanol–water partition coefficient (Wildman–Crippen LogP) is 3.79. The molecule has 7 nitrogen and oxygen atoms in total. The topological polar surface area (TPSA) is 86.1 Å². The summed E-state index contributed by atoms with van der Waals surface area (Å²) < 4.78 is 7.40. The van der Waals surface area contributed by atoms with Crippen LogP contribution in [0.4, 0.5) is 5.82 Å². The van der Waals surface area contributed by atoms with Crippen molar-refractivity contribution in [1.82, 2.24) is 14.5 Å². The van der Waals surface area contributed by atoms with Crippen LogP contribution in [0.2, 0.25) is 0 Å². The van der Waals surface area contributed by atoms with E-state index in [9.17, 15) is 9.59 Å². The van der Waals surface area contributed by atoms with Crippen LogP contribution >= 0.6 is 0 Å². The lowest BCUT2D eigenvalue weighted by atomic mass is 10.1. The number of ether oxygens (including phenoxy) is 1. The number of rotatable bonds is 7. The largest absolute Gasteiger partial charge is 0.493 e. The molecular formula is C24H22N4O3. The van der Waals surface area contributed by atoms with Gasteiger partial charge in [0.15, 0.2) is 0 Å². The number of amides is 1. The van der Waals surface area contributed by atoms with E-state index in [1.165, 1.54) is 6.07 Å². The molecule has 0 spiro atoms. The summed E-state index contributed by atoms with van der Waals surface area (Å²) in [7, 11) is 1.73. The van der Waals surface area contributed by atoms with Gasteiger partial charge in [-0.15, -0.1) is 0 Å². The first kappa shape index (κ1) is 20.3. The van der Waals surface area contributed by atoms with Crippen molar-refractivity contribution < 1.29 is 9.53 Å². The highest BCUT2D eigenvalue weighted by Gasteiger charge is 2.09. The number of fused-ring (bicyclic) bond motifs is 1. The quantitative estimate of drug-likeness (QED) is 0.465. The number of benzene rings is 1. The second-order valence-electron chi connectivity index (χ2n) is 7.09. The summed E-state index contributed by atoms with van der Waals surface area (Å²) in [5, 5.41) is 3.69. The minimum absolute atomic E-state index is 0.133. The van der Waals surface area contributed by atoms with Crippen molar-refractivity contribution in [2.75, 3.05) is 11.9 Å². The minimum atomic E-state index is -0.142. The van der Waals surface area contributed by atoms with Crippen LogP contribution in [0.1, 0.15) is 12.8 Å². The molecule has 0 unspecified atom stereocenters. The van der Waals surface area contributed by atoms with Crippen molar-refractivity contribution in [3.05, 3.63) is 83.5 Å². The molecule has 0 saturated heterocycles. The maximum atomic E-state index is 12.3. The second kappa shape index (κ2) is 9.21. The molecule has 4 aromatic rings.